The van der Waals surface area contributed by atoms with E-state index in [1.54, 1.807) is 18.3 Å². The van der Waals surface area contributed by atoms with Crippen molar-refractivity contribution in [1.29, 1.82) is 0 Å². The molecule has 1 aliphatic rings. The van der Waals surface area contributed by atoms with E-state index in [0.717, 1.165) is 40.6 Å². The smallest absolute Gasteiger partial charge is 0.307 e. The summed E-state index contributed by atoms with van der Waals surface area (Å²) in [4.78, 5) is 34.7. The molecule has 0 fully saturated rings. The fourth-order valence-electron chi connectivity index (χ4n) is 4.01. The third-order valence-electron chi connectivity index (χ3n) is 5.72. The van der Waals surface area contributed by atoms with Crippen molar-refractivity contribution >= 4 is 27.5 Å². The number of H-pyrrole nitrogens is 1. The summed E-state index contributed by atoms with van der Waals surface area (Å²) in [5.74, 6) is 0.822. The third-order valence-corrected chi connectivity index (χ3v) is 6.87. The molecule has 0 unspecified atom stereocenters. The lowest BCUT2D eigenvalue weighted by Crippen LogP contribution is -2.18. The maximum absolute atomic E-state index is 12.7. The number of rotatable bonds is 5. The number of benzene rings is 1. The molecule has 4 rings (SSSR count). The molecule has 6 heteroatoms. The molecule has 0 radical (unpaired) electrons. The van der Waals surface area contributed by atoms with Crippen LogP contribution in [0, 0.1) is 5.92 Å². The Labute approximate surface area is 174 Å². The Hall–Kier alpha value is -2.47. The molecule has 0 saturated heterocycles. The highest BCUT2D eigenvalue weighted by atomic mass is 32.1. The first-order valence-corrected chi connectivity index (χ1v) is 11.0. The van der Waals surface area contributed by atoms with Crippen LogP contribution in [0.4, 0.5) is 0 Å². The molecule has 0 aliphatic heterocycles. The minimum Gasteiger partial charge on any atom is -0.454 e. The highest BCUT2D eigenvalue weighted by Gasteiger charge is 2.24. The second-order valence-corrected chi connectivity index (χ2v) is 9.21. The van der Waals surface area contributed by atoms with Crippen LogP contribution in [0.1, 0.15) is 67.5 Å². The quantitative estimate of drug-likeness (QED) is 0.607. The van der Waals surface area contributed by atoms with Gasteiger partial charge in [0.25, 0.3) is 5.56 Å². The van der Waals surface area contributed by atoms with E-state index in [9.17, 15) is 9.59 Å². The SMILES string of the molecule is C[C@H]1CCc2c(sc3nc([C@@H](C)OC(=O)C[C@@H](C)c4ccccc4)[nH]c(=O)c23)C1. The Bertz CT molecular complexity index is 1090. The van der Waals surface area contributed by atoms with Gasteiger partial charge in [-0.2, -0.15) is 0 Å². The molecule has 0 spiro atoms. The van der Waals surface area contributed by atoms with Crippen molar-refractivity contribution in [1.82, 2.24) is 9.97 Å². The predicted molar refractivity (Wildman–Crippen MR) is 115 cm³/mol. The number of ether oxygens (including phenoxy) is 1. The number of aromatic amines is 1. The molecule has 0 saturated carbocycles. The van der Waals surface area contributed by atoms with Gasteiger partial charge in [0.15, 0.2) is 11.9 Å². The highest BCUT2D eigenvalue weighted by Crippen LogP contribution is 2.36. The van der Waals surface area contributed by atoms with E-state index in [-0.39, 0.29) is 23.9 Å². The first-order valence-electron chi connectivity index (χ1n) is 10.2. The minimum absolute atomic E-state index is 0.0661. The maximum Gasteiger partial charge on any atom is 0.307 e. The summed E-state index contributed by atoms with van der Waals surface area (Å²) >= 11 is 1.60. The second kappa shape index (κ2) is 8.11. The highest BCUT2D eigenvalue weighted by molar-refractivity contribution is 7.18. The van der Waals surface area contributed by atoms with E-state index in [1.807, 2.05) is 37.3 Å². The number of aromatic nitrogens is 2. The van der Waals surface area contributed by atoms with Crippen molar-refractivity contribution in [3.8, 4) is 0 Å². The lowest BCUT2D eigenvalue weighted by atomic mass is 9.89. The molecule has 1 aliphatic carbocycles. The van der Waals surface area contributed by atoms with Crippen LogP contribution in [0.15, 0.2) is 35.1 Å². The van der Waals surface area contributed by atoms with E-state index in [4.69, 9.17) is 4.74 Å². The van der Waals surface area contributed by atoms with Crippen LogP contribution in [0.25, 0.3) is 10.2 Å². The fourth-order valence-corrected chi connectivity index (χ4v) is 5.40. The lowest BCUT2D eigenvalue weighted by Gasteiger charge is -2.17. The molecule has 1 aromatic carbocycles. The standard InChI is InChI=1S/C23H26N2O3S/c1-13-9-10-17-18(11-13)29-23-20(17)22(27)24-21(25-23)15(3)28-19(26)12-14(2)16-7-5-4-6-8-16/h4-8,13-15H,9-12H2,1-3H3,(H,24,25,27)/t13-,14+,15+/m0/s1. The van der Waals surface area contributed by atoms with Crippen LogP contribution in [0.2, 0.25) is 0 Å². The van der Waals surface area contributed by atoms with E-state index < -0.39 is 6.10 Å². The summed E-state index contributed by atoms with van der Waals surface area (Å²) in [6, 6.07) is 9.90. The molecule has 29 heavy (non-hydrogen) atoms. The number of hydrogen-bond donors (Lipinski definition) is 1. The number of fused-ring (bicyclic) bond motifs is 3. The summed E-state index contributed by atoms with van der Waals surface area (Å²) in [7, 11) is 0. The lowest BCUT2D eigenvalue weighted by molar-refractivity contribution is -0.149. The summed E-state index contributed by atoms with van der Waals surface area (Å²) in [6.07, 6.45) is 2.73. The van der Waals surface area contributed by atoms with Gasteiger partial charge in [-0.05, 0) is 49.1 Å². The van der Waals surface area contributed by atoms with Crippen molar-refractivity contribution in [2.24, 2.45) is 5.92 Å². The molecule has 3 atom stereocenters. The average molecular weight is 411 g/mol. The number of hydrogen-bond acceptors (Lipinski definition) is 5. The van der Waals surface area contributed by atoms with Crippen LogP contribution in [-0.2, 0) is 22.4 Å². The molecular weight excluding hydrogens is 384 g/mol. The first-order chi connectivity index (χ1) is 13.9. The van der Waals surface area contributed by atoms with Gasteiger partial charge in [0.1, 0.15) is 4.83 Å². The molecular formula is C23H26N2O3S. The van der Waals surface area contributed by atoms with E-state index in [2.05, 4.69) is 16.9 Å². The van der Waals surface area contributed by atoms with Gasteiger partial charge < -0.3 is 9.72 Å². The topological polar surface area (TPSA) is 72.0 Å². The predicted octanol–water partition coefficient (Wildman–Crippen LogP) is 4.91. The van der Waals surface area contributed by atoms with Crippen molar-refractivity contribution in [3.05, 3.63) is 62.5 Å². The van der Waals surface area contributed by atoms with Gasteiger partial charge in [-0.1, -0.05) is 44.2 Å². The van der Waals surface area contributed by atoms with Gasteiger partial charge in [0, 0.05) is 4.88 Å². The van der Waals surface area contributed by atoms with Crippen LogP contribution >= 0.6 is 11.3 Å². The third kappa shape index (κ3) is 4.13. The Morgan fingerprint density at radius 2 is 2.07 bits per heavy atom. The Balaban J connectivity index is 1.50. The van der Waals surface area contributed by atoms with Crippen molar-refractivity contribution < 1.29 is 9.53 Å². The Kier molecular flexibility index (Phi) is 5.54. The van der Waals surface area contributed by atoms with Gasteiger partial charge in [-0.15, -0.1) is 11.3 Å². The summed E-state index contributed by atoms with van der Waals surface area (Å²) in [6.45, 7) is 6.00. The van der Waals surface area contributed by atoms with Crippen LogP contribution in [-0.4, -0.2) is 15.9 Å². The largest absolute Gasteiger partial charge is 0.454 e. The summed E-state index contributed by atoms with van der Waals surface area (Å²) in [5.41, 5.74) is 2.13. The number of thiophene rings is 1. The molecule has 0 amide bonds. The number of nitrogens with zero attached hydrogens (tertiary/aromatic N) is 1. The normalized spacial score (nSPS) is 18.2. The average Bonchev–Trinajstić information content (AvgIpc) is 3.06. The number of esters is 1. The zero-order chi connectivity index (χ0) is 20.5. The summed E-state index contributed by atoms with van der Waals surface area (Å²) < 4.78 is 5.58. The maximum atomic E-state index is 12.7. The molecule has 2 aromatic heterocycles. The van der Waals surface area contributed by atoms with Gasteiger partial charge >= 0.3 is 5.97 Å². The van der Waals surface area contributed by atoms with E-state index in [1.165, 1.54) is 4.88 Å². The van der Waals surface area contributed by atoms with Crippen molar-refractivity contribution in [3.63, 3.8) is 0 Å². The summed E-state index contributed by atoms with van der Waals surface area (Å²) in [5, 5.41) is 0.719. The Morgan fingerprint density at radius 1 is 1.31 bits per heavy atom. The molecule has 1 N–H and O–H groups in total. The minimum atomic E-state index is -0.597. The number of carbonyl (C=O) groups is 1. The number of aryl methyl sites for hydroxylation is 1. The van der Waals surface area contributed by atoms with Gasteiger partial charge in [-0.25, -0.2) is 4.98 Å². The number of carbonyl (C=O) groups excluding carboxylic acids is 1. The molecule has 0 bridgehead atoms. The first kappa shape index (κ1) is 19.8. The van der Waals surface area contributed by atoms with Crippen LogP contribution in [0.3, 0.4) is 0 Å². The zero-order valence-electron chi connectivity index (χ0n) is 17.0. The van der Waals surface area contributed by atoms with Crippen molar-refractivity contribution in [2.45, 2.75) is 58.5 Å². The van der Waals surface area contributed by atoms with Crippen molar-refractivity contribution in [2.75, 3.05) is 0 Å². The van der Waals surface area contributed by atoms with Crippen LogP contribution in [0.5, 0.6) is 0 Å². The second-order valence-electron chi connectivity index (χ2n) is 8.13. The molecule has 152 valence electrons. The molecule has 3 aromatic rings. The number of nitrogens with one attached hydrogen (secondary N) is 1. The molecule has 2 heterocycles. The van der Waals surface area contributed by atoms with E-state index >= 15 is 0 Å². The Morgan fingerprint density at radius 3 is 2.83 bits per heavy atom. The van der Waals surface area contributed by atoms with Crippen LogP contribution < -0.4 is 5.56 Å². The fraction of sp³-hybridized carbons (Fsp3) is 0.435. The van der Waals surface area contributed by atoms with E-state index in [0.29, 0.717) is 11.7 Å². The monoisotopic (exact) mass is 410 g/mol. The zero-order valence-corrected chi connectivity index (χ0v) is 17.8. The van der Waals surface area contributed by atoms with Gasteiger partial charge in [-0.3, -0.25) is 9.59 Å². The van der Waals surface area contributed by atoms with Gasteiger partial charge in [0.05, 0.1) is 11.8 Å². The van der Waals surface area contributed by atoms with Gasteiger partial charge in [0.2, 0.25) is 0 Å². The molecule has 5 nitrogen and oxygen atoms in total.